The second-order valence-corrected chi connectivity index (χ2v) is 14.1. The minimum Gasteiger partial charge on any atom is -0.342 e. The van der Waals surface area contributed by atoms with Gasteiger partial charge < -0.3 is 10.3 Å². The van der Waals surface area contributed by atoms with Gasteiger partial charge in [0.25, 0.3) is 15.6 Å². The average Bonchev–Trinajstić information content (AvgIpc) is 3.26. The molecule has 2 aromatic carbocycles. The maximum Gasteiger partial charge on any atom is 0.333 e. The highest BCUT2D eigenvalue weighted by Crippen LogP contribution is 2.30. The predicted molar refractivity (Wildman–Crippen MR) is 144 cm³/mol. The number of hydrogen-bond acceptors (Lipinski definition) is 9. The molecule has 1 aliphatic heterocycles. The predicted octanol–water partition coefficient (Wildman–Crippen LogP) is 2.65. The van der Waals surface area contributed by atoms with Crippen LogP contribution in [0.2, 0.25) is 4.34 Å². The van der Waals surface area contributed by atoms with E-state index in [2.05, 4.69) is 14.7 Å². The molecule has 0 saturated heterocycles. The summed E-state index contributed by atoms with van der Waals surface area (Å²) in [6.45, 7) is 1.43. The Labute approximate surface area is 228 Å². The lowest BCUT2D eigenvalue weighted by molar-refractivity contribution is -0.116. The van der Waals surface area contributed by atoms with Gasteiger partial charge in [0.2, 0.25) is 0 Å². The van der Waals surface area contributed by atoms with Gasteiger partial charge in [-0.2, -0.15) is 8.42 Å². The molecule has 202 valence electrons. The van der Waals surface area contributed by atoms with Crippen molar-refractivity contribution in [3.8, 4) is 5.69 Å². The minimum atomic E-state index is -4.11. The first kappa shape index (κ1) is 26.9. The number of halogens is 2. The summed E-state index contributed by atoms with van der Waals surface area (Å²) in [5.74, 6) is -2.45. The number of benzene rings is 2. The van der Waals surface area contributed by atoms with Crippen LogP contribution in [0.25, 0.3) is 16.6 Å². The van der Waals surface area contributed by atoms with Gasteiger partial charge in [-0.3, -0.25) is 9.59 Å². The Morgan fingerprint density at radius 1 is 1.15 bits per heavy atom. The summed E-state index contributed by atoms with van der Waals surface area (Å²) in [5.41, 5.74) is -2.17. The molecule has 0 spiro atoms. The summed E-state index contributed by atoms with van der Waals surface area (Å²) < 4.78 is 69.1. The van der Waals surface area contributed by atoms with E-state index in [0.717, 1.165) is 29.5 Å². The van der Waals surface area contributed by atoms with Crippen LogP contribution in [-0.2, 0) is 31.1 Å². The average molecular weight is 611 g/mol. The van der Waals surface area contributed by atoms with Crippen molar-refractivity contribution in [3.63, 3.8) is 0 Å². The summed E-state index contributed by atoms with van der Waals surface area (Å²) in [6, 6.07) is 8.29. The van der Waals surface area contributed by atoms with E-state index in [0.29, 0.717) is 4.57 Å². The number of nitrogens with zero attached hydrogens (tertiary/aromatic N) is 2. The second kappa shape index (κ2) is 9.51. The second-order valence-electron chi connectivity index (χ2n) is 8.56. The fraction of sp³-hybridized carbons (Fsp3) is 0.130. The number of H-pyrrole nitrogens is 1. The van der Waals surface area contributed by atoms with Crippen molar-refractivity contribution in [2.75, 3.05) is 11.1 Å². The number of sulfonamides is 1. The van der Waals surface area contributed by atoms with E-state index in [4.69, 9.17) is 11.6 Å². The van der Waals surface area contributed by atoms with Gasteiger partial charge in [-0.15, -0.1) is 15.7 Å². The number of anilines is 1. The molecule has 0 amide bonds. The van der Waals surface area contributed by atoms with Gasteiger partial charge in [0, 0.05) is 6.42 Å². The van der Waals surface area contributed by atoms with E-state index in [-0.39, 0.29) is 41.4 Å². The topological polar surface area (TPSA) is 165 Å². The van der Waals surface area contributed by atoms with E-state index in [1.165, 1.54) is 31.2 Å². The van der Waals surface area contributed by atoms with Crippen molar-refractivity contribution in [3.05, 3.63) is 79.0 Å². The lowest BCUT2D eigenvalue weighted by Gasteiger charge is -2.17. The van der Waals surface area contributed by atoms with Gasteiger partial charge in [-0.05, 0) is 48.9 Å². The van der Waals surface area contributed by atoms with Crippen LogP contribution in [0.15, 0.2) is 65.6 Å². The Morgan fingerprint density at radius 2 is 1.90 bits per heavy atom. The summed E-state index contributed by atoms with van der Waals surface area (Å²) in [6.07, 6.45) is -0.421. The molecule has 3 heterocycles. The number of aromatic nitrogens is 2. The number of fused-ring (bicyclic) bond motifs is 2. The maximum absolute atomic E-state index is 15.1. The number of carbonyl (C=O) groups excluding carboxylic acids is 1. The molecule has 0 atom stereocenters. The maximum atomic E-state index is 15.1. The third-order valence-electron chi connectivity index (χ3n) is 5.71. The van der Waals surface area contributed by atoms with Gasteiger partial charge in [-0.1, -0.05) is 17.7 Å². The van der Waals surface area contributed by atoms with Crippen molar-refractivity contribution < 1.29 is 26.0 Å². The number of hydrogen-bond donors (Lipinski definition) is 2. The molecule has 2 aromatic heterocycles. The van der Waals surface area contributed by atoms with Gasteiger partial charge in [0.1, 0.15) is 26.5 Å². The molecule has 16 heteroatoms. The Balaban J connectivity index is 1.48. The van der Waals surface area contributed by atoms with E-state index >= 15 is 4.39 Å². The van der Waals surface area contributed by atoms with Gasteiger partial charge in [0.15, 0.2) is 15.6 Å². The van der Waals surface area contributed by atoms with E-state index in [9.17, 15) is 31.2 Å². The third-order valence-corrected chi connectivity index (χ3v) is 10.6. The molecule has 2 N–H and O–H groups in total. The molecule has 0 unspecified atom stereocenters. The van der Waals surface area contributed by atoms with Crippen LogP contribution < -0.4 is 16.6 Å². The Hall–Kier alpha value is -3.66. The van der Waals surface area contributed by atoms with E-state index in [1.54, 1.807) is 0 Å². The monoisotopic (exact) mass is 610 g/mol. The molecule has 0 fully saturated rings. The summed E-state index contributed by atoms with van der Waals surface area (Å²) in [7, 11) is -8.04. The van der Waals surface area contributed by atoms with E-state index < -0.39 is 60.6 Å². The minimum absolute atomic E-state index is 0.0215. The number of aromatic amines is 1. The van der Waals surface area contributed by atoms with E-state index in [1.807, 2.05) is 0 Å². The third kappa shape index (κ3) is 5.05. The van der Waals surface area contributed by atoms with Crippen molar-refractivity contribution in [2.45, 2.75) is 22.4 Å². The highest BCUT2D eigenvalue weighted by molar-refractivity contribution is 7.94. The van der Waals surface area contributed by atoms with Crippen molar-refractivity contribution in [2.24, 2.45) is 4.40 Å². The lowest BCUT2D eigenvalue weighted by Crippen LogP contribution is -2.34. The number of ketones is 1. The zero-order chi connectivity index (χ0) is 28.3. The normalized spacial score (nSPS) is 14.5. The first-order valence-corrected chi connectivity index (χ1v) is 15.2. The number of thiophene rings is 1. The smallest absolute Gasteiger partial charge is 0.333 e. The number of rotatable bonds is 6. The number of amidine groups is 1. The molecular weight excluding hydrogens is 595 g/mol. The Bertz CT molecular complexity index is 2080. The van der Waals surface area contributed by atoms with Crippen molar-refractivity contribution in [1.82, 2.24) is 9.55 Å². The van der Waals surface area contributed by atoms with Crippen LogP contribution in [0.1, 0.15) is 12.5 Å². The molecule has 0 saturated carbocycles. The number of Topliss-reactive ketones (excluding diaryl/α,β-unsaturated/α-hetero) is 1. The largest absolute Gasteiger partial charge is 0.342 e. The SMILES string of the molecule is CC1=NS(=O)(=O)c2cc3c(=O)n(-c4ccc(CC(=O)CS(=O)(=O)c5ccc(Cl)s5)cc4F)c(=O)[nH]c3cc2N1. The van der Waals surface area contributed by atoms with Crippen LogP contribution in [0.4, 0.5) is 10.1 Å². The molecule has 1 aliphatic rings. The quantitative estimate of drug-likeness (QED) is 0.336. The molecule has 5 rings (SSSR count). The standard InChI is InChI=1S/C23H16ClFN4O7S3/c1-11-26-17-9-16-14(8-19(17)39(35,36)28-11)22(31)29(23(32)27-16)18-3-2-12(7-15(18)25)6-13(30)10-38(33,34)21-5-4-20(24)37-21/h2-5,7-9H,6,10H2,1H3,(H,26,28)(H,27,32). The van der Waals surface area contributed by atoms with Crippen LogP contribution in [-0.4, -0.2) is 43.8 Å². The molecular formula is C23H16ClFN4O7S3. The van der Waals surface area contributed by atoms with Crippen LogP contribution in [0, 0.1) is 5.82 Å². The Kier molecular flexibility index (Phi) is 6.57. The first-order valence-electron chi connectivity index (χ1n) is 11.0. The summed E-state index contributed by atoms with van der Waals surface area (Å²) >= 11 is 6.58. The van der Waals surface area contributed by atoms with Crippen LogP contribution in [0.3, 0.4) is 0 Å². The molecule has 0 bridgehead atoms. The lowest BCUT2D eigenvalue weighted by atomic mass is 10.1. The fourth-order valence-corrected chi connectivity index (χ4v) is 8.06. The van der Waals surface area contributed by atoms with Crippen LogP contribution in [0.5, 0.6) is 0 Å². The number of carbonyl (C=O) groups is 1. The fourth-order valence-electron chi connectivity index (χ4n) is 4.09. The number of nitrogens with one attached hydrogen (secondary N) is 2. The zero-order valence-electron chi connectivity index (χ0n) is 19.7. The van der Waals surface area contributed by atoms with Crippen molar-refractivity contribution in [1.29, 1.82) is 0 Å². The molecule has 4 aromatic rings. The first-order chi connectivity index (χ1) is 18.2. The number of sulfone groups is 1. The summed E-state index contributed by atoms with van der Waals surface area (Å²) in [5, 5.41) is 2.55. The summed E-state index contributed by atoms with van der Waals surface area (Å²) in [4.78, 5) is 40.6. The molecule has 39 heavy (non-hydrogen) atoms. The molecule has 0 radical (unpaired) electrons. The van der Waals surface area contributed by atoms with Crippen LogP contribution >= 0.6 is 22.9 Å². The van der Waals surface area contributed by atoms with Gasteiger partial charge in [-0.25, -0.2) is 22.2 Å². The zero-order valence-corrected chi connectivity index (χ0v) is 22.9. The highest BCUT2D eigenvalue weighted by atomic mass is 35.5. The molecule has 0 aliphatic carbocycles. The highest BCUT2D eigenvalue weighted by Gasteiger charge is 2.26. The molecule has 11 nitrogen and oxygen atoms in total. The van der Waals surface area contributed by atoms with Gasteiger partial charge >= 0.3 is 5.69 Å². The Morgan fingerprint density at radius 3 is 2.56 bits per heavy atom. The van der Waals surface area contributed by atoms with Crippen molar-refractivity contribution >= 4 is 71.0 Å². The van der Waals surface area contributed by atoms with Gasteiger partial charge in [0.05, 0.1) is 26.6 Å².